The van der Waals surface area contributed by atoms with E-state index in [0.29, 0.717) is 0 Å². The molecule has 0 bridgehead atoms. The van der Waals surface area contributed by atoms with E-state index in [-0.39, 0.29) is 0 Å². The minimum atomic E-state index is 1.29. The largest absolute Gasteiger partial charge is 0.0616 e. The third kappa shape index (κ3) is 2.54. The van der Waals surface area contributed by atoms with Gasteiger partial charge in [0.25, 0.3) is 0 Å². The van der Waals surface area contributed by atoms with Crippen molar-refractivity contribution in [1.29, 1.82) is 0 Å². The summed E-state index contributed by atoms with van der Waals surface area (Å²) < 4.78 is 0. The first-order valence-corrected chi connectivity index (χ1v) is 13.3. The number of rotatable bonds is 0. The van der Waals surface area contributed by atoms with Crippen LogP contribution in [-0.4, -0.2) is 0 Å². The van der Waals surface area contributed by atoms with Crippen molar-refractivity contribution in [2.24, 2.45) is 0 Å². The van der Waals surface area contributed by atoms with Gasteiger partial charge in [-0.15, -0.1) is 0 Å². The lowest BCUT2D eigenvalue weighted by Crippen LogP contribution is -1.89. The molecule has 0 spiro atoms. The van der Waals surface area contributed by atoms with Crippen LogP contribution in [0.25, 0.3) is 86.2 Å². The highest BCUT2D eigenvalue weighted by Gasteiger charge is 2.16. The van der Waals surface area contributed by atoms with E-state index in [0.717, 1.165) is 0 Å². The zero-order valence-electron chi connectivity index (χ0n) is 20.7. The Labute approximate surface area is 219 Å². The van der Waals surface area contributed by atoms with Crippen molar-refractivity contribution < 1.29 is 0 Å². The lowest BCUT2D eigenvalue weighted by molar-refractivity contribution is 1.78. The van der Waals surface area contributed by atoms with E-state index < -0.39 is 0 Å². The SMILES string of the molecule is c1ccc2c(c1)ccc1c3cc4c5ccccc5c5c6ccccc6ccc5c4cc3c3ccccc3c21. The van der Waals surface area contributed by atoms with Gasteiger partial charge < -0.3 is 0 Å². The molecule has 174 valence electrons. The Morgan fingerprint density at radius 3 is 0.974 bits per heavy atom. The molecule has 0 nitrogen and oxygen atoms in total. The van der Waals surface area contributed by atoms with Crippen molar-refractivity contribution in [3.05, 3.63) is 133 Å². The summed E-state index contributed by atoms with van der Waals surface area (Å²) in [5, 5.41) is 21.1. The monoisotopic (exact) mass is 478 g/mol. The van der Waals surface area contributed by atoms with Gasteiger partial charge in [-0.05, 0) is 98.3 Å². The first-order chi connectivity index (χ1) is 18.9. The van der Waals surface area contributed by atoms with Crippen molar-refractivity contribution in [2.45, 2.75) is 0 Å². The summed E-state index contributed by atoms with van der Waals surface area (Å²) >= 11 is 0. The molecule has 0 aromatic heterocycles. The lowest BCUT2D eigenvalue weighted by atomic mass is 9.86. The fourth-order valence-corrected chi connectivity index (χ4v) is 6.94. The summed E-state index contributed by atoms with van der Waals surface area (Å²) in [6, 6.07) is 49.6. The van der Waals surface area contributed by atoms with Gasteiger partial charge in [0, 0.05) is 0 Å². The third-order valence-corrected chi connectivity index (χ3v) is 8.57. The predicted octanol–water partition coefficient (Wildman–Crippen LogP) is 10.9. The molecular formula is C38H22. The van der Waals surface area contributed by atoms with Gasteiger partial charge in [-0.1, -0.05) is 121 Å². The van der Waals surface area contributed by atoms with Gasteiger partial charge in [0.05, 0.1) is 0 Å². The molecule has 0 saturated heterocycles. The highest BCUT2D eigenvalue weighted by Crippen LogP contribution is 2.44. The molecule has 9 aromatic rings. The zero-order chi connectivity index (χ0) is 24.8. The summed E-state index contributed by atoms with van der Waals surface area (Å²) in [7, 11) is 0. The molecule has 9 rings (SSSR count). The minimum Gasteiger partial charge on any atom is -0.0616 e. The van der Waals surface area contributed by atoms with Crippen LogP contribution in [0.5, 0.6) is 0 Å². The van der Waals surface area contributed by atoms with Crippen LogP contribution < -0.4 is 0 Å². The maximum Gasteiger partial charge on any atom is -0.00204 e. The van der Waals surface area contributed by atoms with Crippen molar-refractivity contribution >= 4 is 86.2 Å². The summed E-state index contributed by atoms with van der Waals surface area (Å²) in [4.78, 5) is 0. The van der Waals surface area contributed by atoms with Crippen molar-refractivity contribution in [3.8, 4) is 0 Å². The highest BCUT2D eigenvalue weighted by molar-refractivity contribution is 6.37. The molecule has 0 aliphatic carbocycles. The third-order valence-electron chi connectivity index (χ3n) is 8.57. The predicted molar refractivity (Wildman–Crippen MR) is 166 cm³/mol. The van der Waals surface area contributed by atoms with Crippen LogP contribution in [0.2, 0.25) is 0 Å². The number of hydrogen-bond acceptors (Lipinski definition) is 0. The van der Waals surface area contributed by atoms with Crippen LogP contribution in [-0.2, 0) is 0 Å². The van der Waals surface area contributed by atoms with Gasteiger partial charge >= 0.3 is 0 Å². The smallest absolute Gasteiger partial charge is 0.00204 e. The van der Waals surface area contributed by atoms with Gasteiger partial charge in [0.15, 0.2) is 0 Å². The van der Waals surface area contributed by atoms with E-state index in [9.17, 15) is 0 Å². The van der Waals surface area contributed by atoms with Crippen LogP contribution in [0.15, 0.2) is 133 Å². The first kappa shape index (κ1) is 20.2. The van der Waals surface area contributed by atoms with Gasteiger partial charge in [0.2, 0.25) is 0 Å². The molecule has 38 heavy (non-hydrogen) atoms. The molecule has 0 aliphatic rings. The summed E-state index contributed by atoms with van der Waals surface area (Å²) in [5.41, 5.74) is 0. The first-order valence-electron chi connectivity index (χ1n) is 13.3. The van der Waals surface area contributed by atoms with Gasteiger partial charge in [-0.2, -0.15) is 0 Å². The zero-order valence-corrected chi connectivity index (χ0v) is 20.7. The van der Waals surface area contributed by atoms with Crippen LogP contribution in [0.3, 0.4) is 0 Å². The van der Waals surface area contributed by atoms with E-state index in [2.05, 4.69) is 133 Å². The van der Waals surface area contributed by atoms with Crippen LogP contribution in [0.1, 0.15) is 0 Å². The van der Waals surface area contributed by atoms with Gasteiger partial charge in [-0.25, -0.2) is 0 Å². The fourth-order valence-electron chi connectivity index (χ4n) is 6.94. The molecule has 0 radical (unpaired) electrons. The molecule has 0 N–H and O–H groups in total. The Morgan fingerprint density at radius 1 is 0.211 bits per heavy atom. The normalized spacial score (nSPS) is 12.2. The second kappa shape index (κ2) is 7.31. The van der Waals surface area contributed by atoms with Crippen molar-refractivity contribution in [1.82, 2.24) is 0 Å². The number of fused-ring (bicyclic) bond motifs is 16. The quantitative estimate of drug-likeness (QED) is 0.150. The standard InChI is InChI=1S/C38H22/c1-3-11-25-23(9-1)17-19-31-35-21-34-28-14-6-8-16-30(28)38-26-12-4-2-10-24(26)18-20-32(38)36(34)22-33(35)27-13-5-7-15-29(27)37(25)31/h1-22H. The second-order valence-electron chi connectivity index (χ2n) is 10.5. The molecule has 9 aromatic carbocycles. The Balaban J connectivity index is 1.60. The van der Waals surface area contributed by atoms with E-state index in [1.165, 1.54) is 86.2 Å². The average Bonchev–Trinajstić information content (AvgIpc) is 3.00. The molecule has 0 aliphatic heterocycles. The second-order valence-corrected chi connectivity index (χ2v) is 10.5. The van der Waals surface area contributed by atoms with E-state index in [4.69, 9.17) is 0 Å². The maximum atomic E-state index is 2.46. The molecule has 0 unspecified atom stereocenters. The molecule has 0 atom stereocenters. The average molecular weight is 479 g/mol. The topological polar surface area (TPSA) is 0 Å². The van der Waals surface area contributed by atoms with Crippen LogP contribution >= 0.6 is 0 Å². The van der Waals surface area contributed by atoms with E-state index >= 15 is 0 Å². The van der Waals surface area contributed by atoms with Gasteiger partial charge in [-0.3, -0.25) is 0 Å². The minimum absolute atomic E-state index is 1.29. The van der Waals surface area contributed by atoms with E-state index in [1.54, 1.807) is 0 Å². The number of hydrogen-bond donors (Lipinski definition) is 0. The van der Waals surface area contributed by atoms with Crippen molar-refractivity contribution in [2.75, 3.05) is 0 Å². The molecule has 0 saturated carbocycles. The summed E-state index contributed by atoms with van der Waals surface area (Å²) in [6.45, 7) is 0. The van der Waals surface area contributed by atoms with E-state index in [1.807, 2.05) is 0 Å². The lowest BCUT2D eigenvalue weighted by Gasteiger charge is -2.17. The summed E-state index contributed by atoms with van der Waals surface area (Å²) in [5.74, 6) is 0. The molecular weight excluding hydrogens is 456 g/mol. The van der Waals surface area contributed by atoms with Gasteiger partial charge in [0.1, 0.15) is 0 Å². The van der Waals surface area contributed by atoms with Crippen LogP contribution in [0.4, 0.5) is 0 Å². The van der Waals surface area contributed by atoms with Crippen molar-refractivity contribution in [3.63, 3.8) is 0 Å². The summed E-state index contributed by atoms with van der Waals surface area (Å²) in [6.07, 6.45) is 0. The molecule has 0 fully saturated rings. The maximum absolute atomic E-state index is 2.46. The number of benzene rings is 9. The Kier molecular flexibility index (Phi) is 3.88. The molecule has 0 heteroatoms. The van der Waals surface area contributed by atoms with Crippen LogP contribution in [0, 0.1) is 0 Å². The Bertz CT molecular complexity index is 2270. The Hall–Kier alpha value is -4.94. The highest BCUT2D eigenvalue weighted by atomic mass is 14.2. The molecule has 0 amide bonds. The molecule has 0 heterocycles. The Morgan fingerprint density at radius 2 is 0.526 bits per heavy atom. The fraction of sp³-hybridized carbons (Fsp3) is 0.